The molecular formula is C16H26N2O3. The van der Waals surface area contributed by atoms with Gasteiger partial charge >= 0.3 is 12.0 Å². The topological polar surface area (TPSA) is 78.4 Å². The zero-order valence-electron chi connectivity index (χ0n) is 12.5. The third-order valence-corrected chi connectivity index (χ3v) is 5.73. The molecule has 2 amide bonds. The predicted octanol–water partition coefficient (Wildman–Crippen LogP) is 2.51. The standard InChI is InChI=1S/C16H26N2O3/c19-15(20)14(11-4-2-1-3-5-11)18-16(21)17-13-9-10-6-7-12(13)8-10/h10-14H,1-9H2,(H,19,20)(H2,17,18,21). The summed E-state index contributed by atoms with van der Waals surface area (Å²) in [6.45, 7) is 0. The fraction of sp³-hybridized carbons (Fsp3) is 0.875. The lowest BCUT2D eigenvalue weighted by molar-refractivity contribution is -0.141. The van der Waals surface area contributed by atoms with E-state index in [0.717, 1.165) is 38.0 Å². The molecule has 118 valence electrons. The number of carbonyl (C=O) groups excluding carboxylic acids is 1. The number of hydrogen-bond donors (Lipinski definition) is 3. The van der Waals surface area contributed by atoms with Gasteiger partial charge in [-0.3, -0.25) is 0 Å². The van der Waals surface area contributed by atoms with Crippen molar-refractivity contribution in [3.8, 4) is 0 Å². The lowest BCUT2D eigenvalue weighted by Crippen LogP contribution is -2.53. The van der Waals surface area contributed by atoms with Gasteiger partial charge in [-0.25, -0.2) is 9.59 Å². The number of hydrogen-bond acceptors (Lipinski definition) is 2. The van der Waals surface area contributed by atoms with E-state index in [2.05, 4.69) is 10.6 Å². The fourth-order valence-electron chi connectivity index (χ4n) is 4.62. The highest BCUT2D eigenvalue weighted by molar-refractivity contribution is 5.83. The molecule has 2 bridgehead atoms. The summed E-state index contributed by atoms with van der Waals surface area (Å²) in [7, 11) is 0. The summed E-state index contributed by atoms with van der Waals surface area (Å²) in [4.78, 5) is 23.6. The van der Waals surface area contributed by atoms with Crippen LogP contribution in [-0.2, 0) is 4.79 Å². The van der Waals surface area contributed by atoms with Crippen LogP contribution in [0.3, 0.4) is 0 Å². The first-order chi connectivity index (χ1) is 10.1. The summed E-state index contributed by atoms with van der Waals surface area (Å²) in [5.74, 6) is 0.569. The Balaban J connectivity index is 1.52. The molecule has 0 aliphatic heterocycles. The Morgan fingerprint density at radius 1 is 1.00 bits per heavy atom. The van der Waals surface area contributed by atoms with Crippen molar-refractivity contribution in [2.75, 3.05) is 0 Å². The molecule has 0 spiro atoms. The molecule has 5 nitrogen and oxygen atoms in total. The van der Waals surface area contributed by atoms with E-state index in [1.54, 1.807) is 0 Å². The monoisotopic (exact) mass is 294 g/mol. The quantitative estimate of drug-likeness (QED) is 0.745. The van der Waals surface area contributed by atoms with Gasteiger partial charge < -0.3 is 15.7 Å². The van der Waals surface area contributed by atoms with Crippen LogP contribution in [0.4, 0.5) is 4.79 Å². The molecule has 0 radical (unpaired) electrons. The Labute approximate surface area is 125 Å². The van der Waals surface area contributed by atoms with Gasteiger partial charge in [-0.2, -0.15) is 0 Å². The third-order valence-electron chi connectivity index (χ3n) is 5.73. The number of aliphatic carboxylic acids is 1. The maximum atomic E-state index is 12.1. The van der Waals surface area contributed by atoms with Gasteiger partial charge in [0, 0.05) is 6.04 Å². The van der Waals surface area contributed by atoms with E-state index in [-0.39, 0.29) is 18.0 Å². The Kier molecular flexibility index (Phi) is 4.36. The molecule has 3 aliphatic rings. The second kappa shape index (κ2) is 6.24. The Hall–Kier alpha value is -1.26. The minimum Gasteiger partial charge on any atom is -0.480 e. The van der Waals surface area contributed by atoms with Gasteiger partial charge in [-0.1, -0.05) is 25.7 Å². The molecule has 5 heteroatoms. The van der Waals surface area contributed by atoms with E-state index in [0.29, 0.717) is 5.92 Å². The lowest BCUT2D eigenvalue weighted by Gasteiger charge is -2.29. The maximum Gasteiger partial charge on any atom is 0.326 e. The number of amides is 2. The second-order valence-corrected chi connectivity index (χ2v) is 7.11. The zero-order chi connectivity index (χ0) is 14.8. The molecule has 0 saturated heterocycles. The van der Waals surface area contributed by atoms with Crippen molar-refractivity contribution >= 4 is 12.0 Å². The SMILES string of the molecule is O=C(NC1CC2CCC1C2)NC(C(=O)O)C1CCCCC1. The molecule has 0 aromatic heterocycles. The molecule has 3 saturated carbocycles. The van der Waals surface area contributed by atoms with E-state index in [4.69, 9.17) is 0 Å². The number of nitrogens with one attached hydrogen (secondary N) is 2. The molecule has 3 fully saturated rings. The van der Waals surface area contributed by atoms with E-state index in [9.17, 15) is 14.7 Å². The molecule has 0 heterocycles. The zero-order valence-corrected chi connectivity index (χ0v) is 12.5. The molecule has 3 N–H and O–H groups in total. The summed E-state index contributed by atoms with van der Waals surface area (Å²) < 4.78 is 0. The van der Waals surface area contributed by atoms with E-state index >= 15 is 0 Å². The van der Waals surface area contributed by atoms with Gasteiger partial charge in [0.1, 0.15) is 6.04 Å². The van der Waals surface area contributed by atoms with Crippen molar-refractivity contribution in [2.24, 2.45) is 17.8 Å². The van der Waals surface area contributed by atoms with Crippen molar-refractivity contribution in [3.63, 3.8) is 0 Å². The maximum absolute atomic E-state index is 12.1. The molecule has 21 heavy (non-hydrogen) atoms. The Morgan fingerprint density at radius 2 is 1.76 bits per heavy atom. The largest absolute Gasteiger partial charge is 0.480 e. The molecule has 4 atom stereocenters. The molecule has 0 aromatic rings. The van der Waals surface area contributed by atoms with Crippen molar-refractivity contribution in [3.05, 3.63) is 0 Å². The van der Waals surface area contributed by atoms with Crippen LogP contribution in [0.5, 0.6) is 0 Å². The van der Waals surface area contributed by atoms with Crippen molar-refractivity contribution in [2.45, 2.75) is 69.9 Å². The number of rotatable bonds is 4. The van der Waals surface area contributed by atoms with Gasteiger partial charge in [0.25, 0.3) is 0 Å². The van der Waals surface area contributed by atoms with E-state index < -0.39 is 12.0 Å². The van der Waals surface area contributed by atoms with Gasteiger partial charge in [0.2, 0.25) is 0 Å². The summed E-state index contributed by atoms with van der Waals surface area (Å²) in [6, 6.07) is -0.765. The molecule has 4 unspecified atom stereocenters. The van der Waals surface area contributed by atoms with Gasteiger partial charge in [-0.05, 0) is 49.9 Å². The lowest BCUT2D eigenvalue weighted by atomic mass is 9.84. The van der Waals surface area contributed by atoms with Crippen molar-refractivity contribution < 1.29 is 14.7 Å². The minimum absolute atomic E-state index is 0.0852. The minimum atomic E-state index is -0.898. The Bertz CT molecular complexity index is 406. The Morgan fingerprint density at radius 3 is 2.33 bits per heavy atom. The average Bonchev–Trinajstić information content (AvgIpc) is 3.08. The molecule has 3 rings (SSSR count). The number of carbonyl (C=O) groups is 2. The highest BCUT2D eigenvalue weighted by atomic mass is 16.4. The number of carboxylic acids is 1. The highest BCUT2D eigenvalue weighted by Gasteiger charge is 2.40. The first-order valence-corrected chi connectivity index (χ1v) is 8.43. The summed E-state index contributed by atoms with van der Waals surface area (Å²) in [5, 5.41) is 15.1. The number of urea groups is 1. The fourth-order valence-corrected chi connectivity index (χ4v) is 4.62. The van der Waals surface area contributed by atoms with E-state index in [1.165, 1.54) is 25.7 Å². The van der Waals surface area contributed by atoms with Crippen LogP contribution in [0.25, 0.3) is 0 Å². The molecule has 0 aromatic carbocycles. The smallest absolute Gasteiger partial charge is 0.326 e. The average molecular weight is 294 g/mol. The number of fused-ring (bicyclic) bond motifs is 2. The van der Waals surface area contributed by atoms with E-state index in [1.807, 2.05) is 0 Å². The van der Waals surface area contributed by atoms with Crippen LogP contribution >= 0.6 is 0 Å². The van der Waals surface area contributed by atoms with Gasteiger partial charge in [0.05, 0.1) is 0 Å². The second-order valence-electron chi connectivity index (χ2n) is 7.11. The van der Waals surface area contributed by atoms with Gasteiger partial charge in [-0.15, -0.1) is 0 Å². The third kappa shape index (κ3) is 3.33. The van der Waals surface area contributed by atoms with Crippen LogP contribution in [-0.4, -0.2) is 29.2 Å². The summed E-state index contributed by atoms with van der Waals surface area (Å²) in [5.41, 5.74) is 0. The van der Waals surface area contributed by atoms with Crippen LogP contribution in [0.15, 0.2) is 0 Å². The normalized spacial score (nSPS) is 33.6. The van der Waals surface area contributed by atoms with Crippen LogP contribution in [0.1, 0.15) is 57.8 Å². The van der Waals surface area contributed by atoms with Crippen molar-refractivity contribution in [1.29, 1.82) is 0 Å². The van der Waals surface area contributed by atoms with Gasteiger partial charge in [0.15, 0.2) is 0 Å². The number of carboxylic acid groups (broad SMARTS) is 1. The first kappa shape index (κ1) is 14.7. The first-order valence-electron chi connectivity index (χ1n) is 8.43. The molecule has 3 aliphatic carbocycles. The van der Waals surface area contributed by atoms with Crippen LogP contribution in [0.2, 0.25) is 0 Å². The molecular weight excluding hydrogens is 268 g/mol. The highest BCUT2D eigenvalue weighted by Crippen LogP contribution is 2.44. The van der Waals surface area contributed by atoms with Crippen LogP contribution in [0, 0.1) is 17.8 Å². The summed E-state index contributed by atoms with van der Waals surface area (Å²) in [6.07, 6.45) is 9.95. The van der Waals surface area contributed by atoms with Crippen molar-refractivity contribution in [1.82, 2.24) is 10.6 Å². The summed E-state index contributed by atoms with van der Waals surface area (Å²) >= 11 is 0. The van der Waals surface area contributed by atoms with Crippen LogP contribution < -0.4 is 10.6 Å². The predicted molar refractivity (Wildman–Crippen MR) is 78.9 cm³/mol.